The van der Waals surface area contributed by atoms with Gasteiger partial charge in [-0.1, -0.05) is 34.4 Å². The van der Waals surface area contributed by atoms with E-state index in [2.05, 4.69) is 22.1 Å². The fourth-order valence-electron chi connectivity index (χ4n) is 2.17. The summed E-state index contributed by atoms with van der Waals surface area (Å²) >= 11 is 1.91. The zero-order chi connectivity index (χ0) is 17.7. The number of halogens is 1. The number of carbonyl (C=O) groups is 1. The number of amides is 1. The molecule has 1 aliphatic rings. The predicted octanol–water partition coefficient (Wildman–Crippen LogP) is -1.92. The summed E-state index contributed by atoms with van der Waals surface area (Å²) in [5.74, 6) is 5.03. The van der Waals surface area contributed by atoms with E-state index < -0.39 is 29.7 Å². The molecule has 4 N–H and O–H groups in total. The van der Waals surface area contributed by atoms with Crippen LogP contribution < -0.4 is 16.6 Å². The van der Waals surface area contributed by atoms with E-state index in [0.717, 1.165) is 4.57 Å². The number of aliphatic hydroxyl groups is 2. The van der Waals surface area contributed by atoms with E-state index >= 15 is 0 Å². The number of rotatable bonds is 4. The topological polar surface area (TPSA) is 134 Å². The van der Waals surface area contributed by atoms with Gasteiger partial charge in [-0.3, -0.25) is 19.1 Å². The lowest BCUT2D eigenvalue weighted by atomic mass is 10.2. The van der Waals surface area contributed by atoms with Crippen molar-refractivity contribution in [2.45, 2.75) is 24.9 Å². The summed E-state index contributed by atoms with van der Waals surface area (Å²) in [5, 5.41) is 21.4. The fourth-order valence-corrected chi connectivity index (χ4v) is 2.44. The summed E-state index contributed by atoms with van der Waals surface area (Å²) in [6.07, 6.45) is -1.15. The molecule has 0 aliphatic carbocycles. The monoisotopic (exact) mass is 449 g/mol. The Balaban J connectivity index is 2.20. The lowest BCUT2D eigenvalue weighted by Gasteiger charge is -2.14. The number of hydrogen-bond acceptors (Lipinski definition) is 6. The summed E-state index contributed by atoms with van der Waals surface area (Å²) in [4.78, 5) is 36.9. The Morgan fingerprint density at radius 3 is 2.92 bits per heavy atom. The number of aromatic amines is 1. The van der Waals surface area contributed by atoms with E-state index in [0.29, 0.717) is 4.43 Å². The maximum absolute atomic E-state index is 11.9. The van der Waals surface area contributed by atoms with E-state index in [-0.39, 0.29) is 31.0 Å². The molecule has 130 valence electrons. The van der Waals surface area contributed by atoms with Crippen LogP contribution in [0, 0.1) is 11.8 Å². The number of nitrogens with one attached hydrogen (secondary N) is 2. The number of aromatic nitrogens is 2. The summed E-state index contributed by atoms with van der Waals surface area (Å²) in [5.41, 5.74) is -1.32. The van der Waals surface area contributed by atoms with Crippen molar-refractivity contribution in [3.63, 3.8) is 0 Å². The Labute approximate surface area is 150 Å². The van der Waals surface area contributed by atoms with E-state index in [1.807, 2.05) is 22.6 Å². The van der Waals surface area contributed by atoms with E-state index in [4.69, 9.17) is 9.84 Å². The third-order valence-corrected chi connectivity index (χ3v) is 4.07. The van der Waals surface area contributed by atoms with Crippen LogP contribution in [0.25, 0.3) is 0 Å². The fraction of sp³-hybridized carbons (Fsp3) is 0.500. The second kappa shape index (κ2) is 8.43. The van der Waals surface area contributed by atoms with Gasteiger partial charge in [-0.05, 0) is 0 Å². The summed E-state index contributed by atoms with van der Waals surface area (Å²) in [7, 11) is 0. The molecule has 0 radical (unpaired) electrons. The van der Waals surface area contributed by atoms with Gasteiger partial charge in [-0.25, -0.2) is 4.79 Å². The molecule has 3 atom stereocenters. The maximum Gasteiger partial charge on any atom is 0.330 e. The van der Waals surface area contributed by atoms with Crippen LogP contribution in [0.5, 0.6) is 0 Å². The van der Waals surface area contributed by atoms with Gasteiger partial charge in [0.15, 0.2) is 0 Å². The quantitative estimate of drug-likeness (QED) is 0.241. The third-order valence-electron chi connectivity index (χ3n) is 3.38. The standard InChI is InChI=1S/C14H16IN3O6/c15-5-11(21)16-3-1-2-8-6-18(14(23)17-13(8)22)12-4-9(20)10(7-19)24-12/h6,9-10,12,19-20H,3-5,7H2,(H,16,21)(H,17,22,23)/t9-,10+,12+/m0/s1. The molecule has 1 aromatic rings. The van der Waals surface area contributed by atoms with Gasteiger partial charge in [0.1, 0.15) is 17.9 Å². The number of ether oxygens (including phenoxy) is 1. The molecule has 2 heterocycles. The van der Waals surface area contributed by atoms with Gasteiger partial charge in [0, 0.05) is 12.6 Å². The number of hydrogen-bond donors (Lipinski definition) is 4. The van der Waals surface area contributed by atoms with Crippen LogP contribution in [0.15, 0.2) is 15.8 Å². The molecule has 10 heteroatoms. The Kier molecular flexibility index (Phi) is 6.55. The Morgan fingerprint density at radius 2 is 2.29 bits per heavy atom. The van der Waals surface area contributed by atoms with Crippen LogP contribution in [0.1, 0.15) is 18.2 Å². The lowest BCUT2D eigenvalue weighted by Crippen LogP contribution is -2.33. The van der Waals surface area contributed by atoms with Crippen molar-refractivity contribution >= 4 is 28.5 Å². The smallest absolute Gasteiger partial charge is 0.330 e. The molecule has 1 aliphatic heterocycles. The minimum absolute atomic E-state index is 0.0314. The van der Waals surface area contributed by atoms with E-state index in [1.54, 1.807) is 0 Å². The van der Waals surface area contributed by atoms with Gasteiger partial charge >= 0.3 is 5.69 Å². The molecule has 1 amide bonds. The molecule has 24 heavy (non-hydrogen) atoms. The molecule has 1 aromatic heterocycles. The predicted molar refractivity (Wildman–Crippen MR) is 91.7 cm³/mol. The zero-order valence-corrected chi connectivity index (χ0v) is 14.6. The molecular formula is C14H16IN3O6. The average molecular weight is 449 g/mol. The summed E-state index contributed by atoms with van der Waals surface area (Å²) in [6.45, 7) is -0.301. The molecule has 0 aromatic carbocycles. The highest BCUT2D eigenvalue weighted by Crippen LogP contribution is 2.27. The molecule has 2 rings (SSSR count). The molecule has 0 saturated carbocycles. The second-order valence-corrected chi connectivity index (χ2v) is 5.80. The second-order valence-electron chi connectivity index (χ2n) is 5.04. The van der Waals surface area contributed by atoms with Gasteiger partial charge in [0.25, 0.3) is 5.56 Å². The SMILES string of the molecule is O=C(CI)NCC#Cc1cn([C@H]2C[C@H](O)[C@@H](CO)O2)c(=O)[nH]c1=O. The van der Waals surface area contributed by atoms with Crippen LogP contribution in [0.4, 0.5) is 0 Å². The average Bonchev–Trinajstić information content (AvgIpc) is 2.93. The highest BCUT2D eigenvalue weighted by Gasteiger charge is 2.35. The summed E-state index contributed by atoms with van der Waals surface area (Å²) < 4.78 is 6.81. The zero-order valence-electron chi connectivity index (χ0n) is 12.5. The van der Waals surface area contributed by atoms with Crippen molar-refractivity contribution in [3.05, 3.63) is 32.6 Å². The Bertz CT molecular complexity index is 777. The highest BCUT2D eigenvalue weighted by atomic mass is 127. The molecule has 0 bridgehead atoms. The van der Waals surface area contributed by atoms with Crippen molar-refractivity contribution in [1.29, 1.82) is 0 Å². The van der Waals surface area contributed by atoms with E-state index in [1.165, 1.54) is 6.20 Å². The van der Waals surface area contributed by atoms with Crippen LogP contribution in [0.2, 0.25) is 0 Å². The minimum Gasteiger partial charge on any atom is -0.394 e. The molecule has 1 saturated heterocycles. The van der Waals surface area contributed by atoms with Crippen molar-refractivity contribution < 1.29 is 19.7 Å². The van der Waals surface area contributed by atoms with Crippen LogP contribution in [-0.2, 0) is 9.53 Å². The minimum atomic E-state index is -0.906. The lowest BCUT2D eigenvalue weighted by molar-refractivity contribution is -0.118. The van der Waals surface area contributed by atoms with Crippen LogP contribution in [0.3, 0.4) is 0 Å². The normalized spacial score (nSPS) is 22.7. The van der Waals surface area contributed by atoms with Crippen molar-refractivity contribution in [2.75, 3.05) is 17.6 Å². The van der Waals surface area contributed by atoms with Gasteiger partial charge in [-0.15, -0.1) is 0 Å². The largest absolute Gasteiger partial charge is 0.394 e. The van der Waals surface area contributed by atoms with Crippen molar-refractivity contribution in [1.82, 2.24) is 14.9 Å². The maximum atomic E-state index is 11.9. The molecule has 0 unspecified atom stereocenters. The first-order chi connectivity index (χ1) is 11.5. The Hall–Kier alpha value is -1.68. The van der Waals surface area contributed by atoms with Crippen molar-refractivity contribution in [3.8, 4) is 11.8 Å². The highest BCUT2D eigenvalue weighted by molar-refractivity contribution is 14.1. The number of nitrogens with zero attached hydrogens (tertiary/aromatic N) is 1. The van der Waals surface area contributed by atoms with Crippen molar-refractivity contribution in [2.24, 2.45) is 0 Å². The van der Waals surface area contributed by atoms with Crippen LogP contribution >= 0.6 is 22.6 Å². The first-order valence-electron chi connectivity index (χ1n) is 7.07. The number of aliphatic hydroxyl groups excluding tert-OH is 2. The van der Waals surface area contributed by atoms with Gasteiger partial charge < -0.3 is 20.3 Å². The Morgan fingerprint density at radius 1 is 1.54 bits per heavy atom. The van der Waals surface area contributed by atoms with Gasteiger partial charge in [0.05, 0.1) is 23.7 Å². The number of H-pyrrole nitrogens is 1. The summed E-state index contributed by atoms with van der Waals surface area (Å²) in [6, 6.07) is 0. The molecule has 9 nitrogen and oxygen atoms in total. The third kappa shape index (κ3) is 4.44. The number of alkyl halides is 1. The van der Waals surface area contributed by atoms with Gasteiger partial charge in [0.2, 0.25) is 5.91 Å². The van der Waals surface area contributed by atoms with E-state index in [9.17, 15) is 19.5 Å². The first-order valence-corrected chi connectivity index (χ1v) is 8.60. The first kappa shape index (κ1) is 18.7. The number of carbonyl (C=O) groups excluding carboxylic acids is 1. The van der Waals surface area contributed by atoms with Crippen LogP contribution in [-0.4, -0.2) is 55.5 Å². The molecule has 0 spiro atoms. The molecular weight excluding hydrogens is 433 g/mol. The van der Waals surface area contributed by atoms with Gasteiger partial charge in [-0.2, -0.15) is 0 Å². The molecule has 1 fully saturated rings.